The van der Waals surface area contributed by atoms with E-state index < -0.39 is 0 Å². The molecule has 0 atom stereocenters. The Morgan fingerprint density at radius 3 is 2.89 bits per heavy atom. The van der Waals surface area contributed by atoms with Gasteiger partial charge in [-0.05, 0) is 24.1 Å². The van der Waals surface area contributed by atoms with Crippen LogP contribution < -0.4 is 11.1 Å². The number of carbonyl (C=O) groups is 1. The van der Waals surface area contributed by atoms with E-state index in [4.69, 9.17) is 17.3 Å². The van der Waals surface area contributed by atoms with Gasteiger partial charge in [0, 0.05) is 21.7 Å². The van der Waals surface area contributed by atoms with Gasteiger partial charge < -0.3 is 11.1 Å². The molecule has 1 aromatic carbocycles. The summed E-state index contributed by atoms with van der Waals surface area (Å²) in [6, 6.07) is 5.46. The van der Waals surface area contributed by atoms with E-state index in [2.05, 4.69) is 5.32 Å². The monoisotopic (exact) mass is 282 g/mol. The molecule has 96 valence electrons. The highest BCUT2D eigenvalue weighted by atomic mass is 35.5. The van der Waals surface area contributed by atoms with Crippen molar-refractivity contribution in [3.63, 3.8) is 0 Å². The van der Waals surface area contributed by atoms with Crippen LogP contribution in [-0.4, -0.2) is 12.5 Å². The molecule has 2 rings (SSSR count). The van der Waals surface area contributed by atoms with Gasteiger partial charge in [0.25, 0.3) is 5.91 Å². The Bertz CT molecular complexity index is 592. The summed E-state index contributed by atoms with van der Waals surface area (Å²) in [7, 11) is 0. The number of nitrogens with two attached hydrogens (primary N) is 1. The van der Waals surface area contributed by atoms with Crippen molar-refractivity contribution >= 4 is 44.6 Å². The molecular weight excluding hydrogens is 268 g/mol. The van der Waals surface area contributed by atoms with Crippen LogP contribution in [0.3, 0.4) is 0 Å². The number of nitrogens with one attached hydrogen (secondary N) is 1. The van der Waals surface area contributed by atoms with E-state index in [1.807, 2.05) is 26.0 Å². The third-order valence-corrected chi connectivity index (χ3v) is 3.97. The Morgan fingerprint density at radius 2 is 2.22 bits per heavy atom. The molecule has 3 N–H and O–H groups in total. The maximum absolute atomic E-state index is 12.0. The number of benzene rings is 1. The van der Waals surface area contributed by atoms with Crippen LogP contribution in [0, 0.1) is 5.92 Å². The second kappa shape index (κ2) is 5.16. The topological polar surface area (TPSA) is 55.1 Å². The zero-order chi connectivity index (χ0) is 13.3. The summed E-state index contributed by atoms with van der Waals surface area (Å²) in [6.45, 7) is 4.75. The van der Waals surface area contributed by atoms with Gasteiger partial charge in [-0.15, -0.1) is 11.3 Å². The highest BCUT2D eigenvalue weighted by Gasteiger charge is 2.16. The summed E-state index contributed by atoms with van der Waals surface area (Å²) < 4.78 is 0.940. The molecule has 0 aliphatic heterocycles. The number of thiophene rings is 1. The smallest absolute Gasteiger partial charge is 0.263 e. The Kier molecular flexibility index (Phi) is 3.78. The first-order valence-corrected chi connectivity index (χ1v) is 6.94. The second-order valence-electron chi connectivity index (χ2n) is 4.59. The first-order valence-electron chi connectivity index (χ1n) is 5.74. The number of carbonyl (C=O) groups excluding carboxylic acids is 1. The zero-order valence-corrected chi connectivity index (χ0v) is 11.9. The first-order chi connectivity index (χ1) is 8.49. The largest absolute Gasteiger partial charge is 0.397 e. The molecule has 5 heteroatoms. The minimum atomic E-state index is -0.112. The highest BCUT2D eigenvalue weighted by Crippen LogP contribution is 2.35. The third kappa shape index (κ3) is 2.60. The molecule has 2 aromatic rings. The summed E-state index contributed by atoms with van der Waals surface area (Å²) in [5.41, 5.74) is 6.54. The lowest BCUT2D eigenvalue weighted by Gasteiger charge is -2.06. The average molecular weight is 283 g/mol. The number of hydrogen-bond acceptors (Lipinski definition) is 3. The SMILES string of the molecule is CC(C)CNC(=O)c1sc2cc(Cl)ccc2c1N. The fraction of sp³-hybridized carbons (Fsp3) is 0.308. The summed E-state index contributed by atoms with van der Waals surface area (Å²) in [5, 5.41) is 4.41. The van der Waals surface area contributed by atoms with Crippen molar-refractivity contribution in [3.8, 4) is 0 Å². The number of nitrogen functional groups attached to an aromatic ring is 1. The van der Waals surface area contributed by atoms with Gasteiger partial charge in [0.2, 0.25) is 0 Å². The molecule has 1 heterocycles. The third-order valence-electron chi connectivity index (χ3n) is 2.57. The zero-order valence-electron chi connectivity index (χ0n) is 10.3. The Hall–Kier alpha value is -1.26. The molecule has 1 aromatic heterocycles. The maximum Gasteiger partial charge on any atom is 0.263 e. The van der Waals surface area contributed by atoms with Crippen molar-refractivity contribution in [1.29, 1.82) is 0 Å². The Morgan fingerprint density at radius 1 is 1.50 bits per heavy atom. The molecule has 0 saturated carbocycles. The van der Waals surface area contributed by atoms with E-state index in [0.29, 0.717) is 28.0 Å². The van der Waals surface area contributed by atoms with Gasteiger partial charge in [-0.25, -0.2) is 0 Å². The Balaban J connectivity index is 2.33. The fourth-order valence-electron chi connectivity index (χ4n) is 1.64. The van der Waals surface area contributed by atoms with Crippen molar-refractivity contribution in [2.45, 2.75) is 13.8 Å². The number of anilines is 1. The molecular formula is C13H15ClN2OS. The molecule has 0 radical (unpaired) electrons. The van der Waals surface area contributed by atoms with E-state index in [1.165, 1.54) is 11.3 Å². The molecule has 0 spiro atoms. The minimum Gasteiger partial charge on any atom is -0.397 e. The molecule has 0 aliphatic carbocycles. The Labute approximate surface area is 115 Å². The van der Waals surface area contributed by atoms with E-state index in [-0.39, 0.29) is 5.91 Å². The number of amides is 1. The molecule has 0 saturated heterocycles. The van der Waals surface area contributed by atoms with Crippen LogP contribution in [-0.2, 0) is 0 Å². The van der Waals surface area contributed by atoms with Crippen LogP contribution in [0.5, 0.6) is 0 Å². The molecule has 0 unspecified atom stereocenters. The van der Waals surface area contributed by atoms with Crippen LogP contribution in [0.4, 0.5) is 5.69 Å². The first kappa shape index (κ1) is 13.2. The standard InChI is InChI=1S/C13H15ClN2OS/c1-7(2)6-16-13(17)12-11(15)9-4-3-8(14)5-10(9)18-12/h3-5,7H,6,15H2,1-2H3,(H,16,17). The van der Waals surface area contributed by atoms with Gasteiger partial charge in [0.15, 0.2) is 0 Å². The van der Waals surface area contributed by atoms with Gasteiger partial charge in [0.1, 0.15) is 4.88 Å². The van der Waals surface area contributed by atoms with Crippen molar-refractivity contribution in [2.75, 3.05) is 12.3 Å². The van der Waals surface area contributed by atoms with Crippen molar-refractivity contribution in [2.24, 2.45) is 5.92 Å². The number of fused-ring (bicyclic) bond motifs is 1. The lowest BCUT2D eigenvalue weighted by atomic mass is 10.2. The van der Waals surface area contributed by atoms with Crippen molar-refractivity contribution in [3.05, 3.63) is 28.1 Å². The predicted octanol–water partition coefficient (Wildman–Crippen LogP) is 3.52. The summed E-state index contributed by atoms with van der Waals surface area (Å²) in [4.78, 5) is 12.6. The lowest BCUT2D eigenvalue weighted by Crippen LogP contribution is -2.27. The fourth-order valence-corrected chi connectivity index (χ4v) is 2.95. The van der Waals surface area contributed by atoms with Crippen molar-refractivity contribution in [1.82, 2.24) is 5.32 Å². The van der Waals surface area contributed by atoms with E-state index in [9.17, 15) is 4.79 Å². The van der Waals surface area contributed by atoms with Gasteiger partial charge >= 0.3 is 0 Å². The molecule has 18 heavy (non-hydrogen) atoms. The predicted molar refractivity (Wildman–Crippen MR) is 78.4 cm³/mol. The minimum absolute atomic E-state index is 0.112. The number of hydrogen-bond donors (Lipinski definition) is 2. The van der Waals surface area contributed by atoms with Gasteiger partial charge in [0.05, 0.1) is 5.69 Å². The number of rotatable bonds is 3. The maximum atomic E-state index is 12.0. The van der Waals surface area contributed by atoms with E-state index in [0.717, 1.165) is 10.1 Å². The van der Waals surface area contributed by atoms with Crippen LogP contribution in [0.25, 0.3) is 10.1 Å². The quantitative estimate of drug-likeness (QED) is 0.905. The molecule has 1 amide bonds. The molecule has 3 nitrogen and oxygen atoms in total. The van der Waals surface area contributed by atoms with Crippen LogP contribution in [0.2, 0.25) is 5.02 Å². The summed E-state index contributed by atoms with van der Waals surface area (Å²) in [6.07, 6.45) is 0. The van der Waals surface area contributed by atoms with E-state index in [1.54, 1.807) is 6.07 Å². The van der Waals surface area contributed by atoms with E-state index >= 15 is 0 Å². The summed E-state index contributed by atoms with van der Waals surface area (Å²) >= 11 is 7.30. The lowest BCUT2D eigenvalue weighted by molar-refractivity contribution is 0.0954. The van der Waals surface area contributed by atoms with Crippen LogP contribution in [0.15, 0.2) is 18.2 Å². The van der Waals surface area contributed by atoms with Crippen LogP contribution >= 0.6 is 22.9 Å². The average Bonchev–Trinajstić information content (AvgIpc) is 2.63. The number of halogens is 1. The van der Waals surface area contributed by atoms with Crippen molar-refractivity contribution < 1.29 is 4.79 Å². The van der Waals surface area contributed by atoms with Crippen LogP contribution in [0.1, 0.15) is 23.5 Å². The molecule has 0 aliphatic rings. The van der Waals surface area contributed by atoms with Gasteiger partial charge in [-0.2, -0.15) is 0 Å². The van der Waals surface area contributed by atoms with Gasteiger partial charge in [-0.3, -0.25) is 4.79 Å². The summed E-state index contributed by atoms with van der Waals surface area (Å²) in [5.74, 6) is 0.303. The molecule has 0 bridgehead atoms. The highest BCUT2D eigenvalue weighted by molar-refractivity contribution is 7.21. The normalized spacial score (nSPS) is 11.1. The molecule has 0 fully saturated rings. The van der Waals surface area contributed by atoms with Gasteiger partial charge in [-0.1, -0.05) is 25.4 Å². The second-order valence-corrected chi connectivity index (χ2v) is 6.08.